The molecule has 0 aliphatic heterocycles. The fraction of sp³-hybridized carbons (Fsp3) is 0.267. The number of aliphatic carboxylic acids is 1. The lowest BCUT2D eigenvalue weighted by atomic mass is 10.1. The summed E-state index contributed by atoms with van der Waals surface area (Å²) in [6.45, 7) is 0.302. The first kappa shape index (κ1) is 17.2. The Balaban J connectivity index is 1.81. The molecule has 0 fully saturated rings. The number of rotatable bonds is 7. The maximum absolute atomic E-state index is 11.7. The molecule has 2 amide bonds. The highest BCUT2D eigenvalue weighted by Gasteiger charge is 2.08. The average molecular weight is 354 g/mol. The molecular weight excluding hydrogens is 338 g/mol. The summed E-state index contributed by atoms with van der Waals surface area (Å²) in [6, 6.07) is 7.19. The molecule has 0 unspecified atom stereocenters. The van der Waals surface area contributed by atoms with Gasteiger partial charge in [0.15, 0.2) is 5.13 Å². The first-order valence-electron chi connectivity index (χ1n) is 6.99. The van der Waals surface area contributed by atoms with E-state index in [9.17, 15) is 9.59 Å². The number of nitrogens with one attached hydrogen (secondary N) is 2. The Hall–Kier alpha value is -2.12. The van der Waals surface area contributed by atoms with Crippen LogP contribution in [0, 0.1) is 0 Å². The Bertz CT molecular complexity index is 690. The summed E-state index contributed by atoms with van der Waals surface area (Å²) in [5.74, 6) is -0.878. The maximum Gasteiger partial charge on any atom is 0.321 e. The van der Waals surface area contributed by atoms with Crippen LogP contribution in [0.3, 0.4) is 0 Å². The second-order valence-electron chi connectivity index (χ2n) is 4.78. The molecule has 0 spiro atoms. The van der Waals surface area contributed by atoms with Crippen molar-refractivity contribution in [3.8, 4) is 0 Å². The number of halogens is 1. The summed E-state index contributed by atoms with van der Waals surface area (Å²) in [4.78, 5) is 27.2. The SMILES string of the molecule is O=C(O)CCCNC(=O)Nc1ncc(Cc2ccccc2Cl)s1. The van der Waals surface area contributed by atoms with Crippen molar-refractivity contribution in [2.75, 3.05) is 11.9 Å². The van der Waals surface area contributed by atoms with E-state index in [0.717, 1.165) is 10.4 Å². The van der Waals surface area contributed by atoms with Crippen LogP contribution in [-0.2, 0) is 11.2 Å². The van der Waals surface area contributed by atoms with Crippen molar-refractivity contribution in [1.82, 2.24) is 10.3 Å². The van der Waals surface area contributed by atoms with Gasteiger partial charge in [-0.15, -0.1) is 11.3 Å². The zero-order chi connectivity index (χ0) is 16.7. The largest absolute Gasteiger partial charge is 0.481 e. The van der Waals surface area contributed by atoms with E-state index in [4.69, 9.17) is 16.7 Å². The van der Waals surface area contributed by atoms with Crippen LogP contribution in [0.5, 0.6) is 0 Å². The van der Waals surface area contributed by atoms with Gasteiger partial charge < -0.3 is 10.4 Å². The fourth-order valence-corrected chi connectivity index (χ4v) is 2.89. The minimum Gasteiger partial charge on any atom is -0.481 e. The minimum absolute atomic E-state index is 0.0273. The lowest BCUT2D eigenvalue weighted by molar-refractivity contribution is -0.137. The van der Waals surface area contributed by atoms with E-state index in [2.05, 4.69) is 15.6 Å². The van der Waals surface area contributed by atoms with Crippen molar-refractivity contribution < 1.29 is 14.7 Å². The van der Waals surface area contributed by atoms with Crippen molar-refractivity contribution in [1.29, 1.82) is 0 Å². The Morgan fingerprint density at radius 3 is 2.83 bits per heavy atom. The highest BCUT2D eigenvalue weighted by atomic mass is 35.5. The molecule has 23 heavy (non-hydrogen) atoms. The molecule has 6 nitrogen and oxygen atoms in total. The zero-order valence-electron chi connectivity index (χ0n) is 12.2. The Morgan fingerprint density at radius 2 is 2.09 bits per heavy atom. The van der Waals surface area contributed by atoms with Gasteiger partial charge in [0.1, 0.15) is 0 Å². The molecule has 0 aliphatic carbocycles. The number of urea groups is 1. The van der Waals surface area contributed by atoms with Crippen LogP contribution in [0.1, 0.15) is 23.3 Å². The van der Waals surface area contributed by atoms with Crippen molar-refractivity contribution in [3.63, 3.8) is 0 Å². The van der Waals surface area contributed by atoms with Gasteiger partial charge in [0, 0.05) is 35.5 Å². The Kier molecular flexibility index (Phi) is 6.37. The number of aromatic nitrogens is 1. The number of hydrogen-bond acceptors (Lipinski definition) is 4. The van der Waals surface area contributed by atoms with Gasteiger partial charge in [0.2, 0.25) is 0 Å². The standard InChI is InChI=1S/C15H16ClN3O3S/c16-12-5-2-1-4-10(12)8-11-9-18-15(23-11)19-14(22)17-7-3-6-13(20)21/h1-2,4-5,9H,3,6-8H2,(H,20,21)(H2,17,18,19,22). The summed E-state index contributed by atoms with van der Waals surface area (Å²) in [5.41, 5.74) is 1.00. The van der Waals surface area contributed by atoms with Crippen LogP contribution in [0.25, 0.3) is 0 Å². The average Bonchev–Trinajstić information content (AvgIpc) is 2.93. The molecule has 2 aromatic rings. The molecule has 2 rings (SSSR count). The molecule has 0 atom stereocenters. The van der Waals surface area contributed by atoms with E-state index >= 15 is 0 Å². The van der Waals surface area contributed by atoms with Crippen LogP contribution < -0.4 is 10.6 Å². The number of hydrogen-bond donors (Lipinski definition) is 3. The van der Waals surface area contributed by atoms with Crippen molar-refractivity contribution >= 4 is 40.1 Å². The summed E-state index contributed by atoms with van der Waals surface area (Å²) >= 11 is 7.49. The Labute approximate surface area is 142 Å². The van der Waals surface area contributed by atoms with E-state index in [-0.39, 0.29) is 6.42 Å². The van der Waals surface area contributed by atoms with Gasteiger partial charge in [0.05, 0.1) is 0 Å². The van der Waals surface area contributed by atoms with Crippen molar-refractivity contribution in [2.24, 2.45) is 0 Å². The highest BCUT2D eigenvalue weighted by Crippen LogP contribution is 2.24. The number of benzene rings is 1. The highest BCUT2D eigenvalue weighted by molar-refractivity contribution is 7.15. The van der Waals surface area contributed by atoms with Gasteiger partial charge in [-0.3, -0.25) is 10.1 Å². The second kappa shape index (κ2) is 8.50. The number of carboxylic acids is 1. The molecule has 0 aliphatic rings. The third-order valence-corrected chi connectivity index (χ3v) is 4.23. The molecule has 122 valence electrons. The lowest BCUT2D eigenvalue weighted by Gasteiger charge is -2.04. The molecule has 3 N–H and O–H groups in total. The van der Waals surface area contributed by atoms with Crippen LogP contribution in [-0.4, -0.2) is 28.6 Å². The number of carbonyl (C=O) groups is 2. The van der Waals surface area contributed by atoms with E-state index in [1.54, 1.807) is 6.20 Å². The fourth-order valence-electron chi connectivity index (χ4n) is 1.86. The second-order valence-corrected chi connectivity index (χ2v) is 6.30. The zero-order valence-corrected chi connectivity index (χ0v) is 13.8. The predicted octanol–water partition coefficient (Wildman–Crippen LogP) is 3.37. The van der Waals surface area contributed by atoms with Crippen LogP contribution in [0.15, 0.2) is 30.5 Å². The predicted molar refractivity (Wildman–Crippen MR) is 90.3 cm³/mol. The Morgan fingerprint density at radius 1 is 1.30 bits per heavy atom. The third-order valence-electron chi connectivity index (χ3n) is 2.95. The van der Waals surface area contributed by atoms with Crippen LogP contribution in [0.2, 0.25) is 5.02 Å². The van der Waals surface area contributed by atoms with E-state index in [1.165, 1.54) is 11.3 Å². The van der Waals surface area contributed by atoms with Gasteiger partial charge >= 0.3 is 12.0 Å². The summed E-state index contributed by atoms with van der Waals surface area (Å²) in [6.07, 6.45) is 2.77. The van der Waals surface area contributed by atoms with Crippen LogP contribution in [0.4, 0.5) is 9.93 Å². The molecule has 8 heteroatoms. The van der Waals surface area contributed by atoms with Crippen molar-refractivity contribution in [2.45, 2.75) is 19.3 Å². The molecule has 0 saturated heterocycles. The first-order valence-corrected chi connectivity index (χ1v) is 8.19. The minimum atomic E-state index is -0.878. The maximum atomic E-state index is 11.7. The van der Waals surface area contributed by atoms with Gasteiger partial charge in [-0.25, -0.2) is 9.78 Å². The van der Waals surface area contributed by atoms with Gasteiger partial charge in [-0.05, 0) is 18.1 Å². The molecule has 1 aromatic heterocycles. The summed E-state index contributed by atoms with van der Waals surface area (Å²) in [7, 11) is 0. The monoisotopic (exact) mass is 353 g/mol. The number of amides is 2. The topological polar surface area (TPSA) is 91.3 Å². The number of anilines is 1. The molecular formula is C15H16ClN3O3S. The van der Waals surface area contributed by atoms with E-state index < -0.39 is 12.0 Å². The quantitative estimate of drug-likeness (QED) is 0.665. The third kappa shape index (κ3) is 5.88. The van der Waals surface area contributed by atoms with E-state index in [0.29, 0.717) is 29.5 Å². The number of carbonyl (C=O) groups excluding carboxylic acids is 1. The van der Waals surface area contributed by atoms with Gasteiger partial charge in [0.25, 0.3) is 0 Å². The number of thiazole rings is 1. The van der Waals surface area contributed by atoms with Gasteiger partial charge in [-0.1, -0.05) is 29.8 Å². The first-order chi connectivity index (χ1) is 11.0. The number of nitrogens with zero attached hydrogens (tertiary/aromatic N) is 1. The van der Waals surface area contributed by atoms with Gasteiger partial charge in [-0.2, -0.15) is 0 Å². The summed E-state index contributed by atoms with van der Waals surface area (Å²) < 4.78 is 0. The molecule has 0 saturated carbocycles. The molecule has 1 aromatic carbocycles. The lowest BCUT2D eigenvalue weighted by Crippen LogP contribution is -2.29. The van der Waals surface area contributed by atoms with E-state index in [1.807, 2.05) is 24.3 Å². The van der Waals surface area contributed by atoms with Crippen molar-refractivity contribution in [3.05, 3.63) is 45.9 Å². The smallest absolute Gasteiger partial charge is 0.321 e. The molecule has 0 radical (unpaired) electrons. The summed E-state index contributed by atoms with van der Waals surface area (Å²) in [5, 5.41) is 14.9. The normalized spacial score (nSPS) is 10.3. The number of carboxylic acid groups (broad SMARTS) is 1. The molecule has 1 heterocycles. The van der Waals surface area contributed by atoms with Crippen LogP contribution >= 0.6 is 22.9 Å². The molecule has 0 bridgehead atoms.